The molecule has 1 aromatic carbocycles. The highest BCUT2D eigenvalue weighted by atomic mass is 35.5. The molecule has 2 nitrogen and oxygen atoms in total. The second-order valence-electron chi connectivity index (χ2n) is 6.35. The van der Waals surface area contributed by atoms with E-state index in [1.54, 1.807) is 0 Å². The van der Waals surface area contributed by atoms with Crippen LogP contribution < -0.4 is 10.6 Å². The molecule has 3 heteroatoms. The zero-order valence-electron chi connectivity index (χ0n) is 12.7. The monoisotopic (exact) mass is 294 g/mol. The summed E-state index contributed by atoms with van der Waals surface area (Å²) in [4.78, 5) is 2.31. The molecule has 1 aromatic rings. The molecule has 112 valence electrons. The molecule has 1 aliphatic carbocycles. The summed E-state index contributed by atoms with van der Waals surface area (Å²) >= 11 is 6.44. The molecule has 20 heavy (non-hydrogen) atoms. The Morgan fingerprint density at radius 1 is 1.30 bits per heavy atom. The Labute approximate surface area is 128 Å². The molecular formula is C17H27ClN2. The van der Waals surface area contributed by atoms with E-state index in [9.17, 15) is 0 Å². The molecule has 2 rings (SSSR count). The first-order chi connectivity index (χ1) is 9.56. The smallest absolute Gasteiger partial charge is 0.0642 e. The van der Waals surface area contributed by atoms with Crippen LogP contribution in [0.15, 0.2) is 18.2 Å². The Morgan fingerprint density at radius 2 is 2.00 bits per heavy atom. The highest BCUT2D eigenvalue weighted by Gasteiger charge is 2.17. The molecule has 0 radical (unpaired) electrons. The van der Waals surface area contributed by atoms with E-state index >= 15 is 0 Å². The fraction of sp³-hybridized carbons (Fsp3) is 0.647. The van der Waals surface area contributed by atoms with Crippen LogP contribution in [-0.2, 0) is 6.42 Å². The van der Waals surface area contributed by atoms with Gasteiger partial charge in [-0.2, -0.15) is 0 Å². The summed E-state index contributed by atoms with van der Waals surface area (Å²) in [5.74, 6) is 0.827. The average Bonchev–Trinajstić information content (AvgIpc) is 2.39. The molecule has 0 spiro atoms. The van der Waals surface area contributed by atoms with Gasteiger partial charge >= 0.3 is 0 Å². The van der Waals surface area contributed by atoms with Gasteiger partial charge in [-0.1, -0.05) is 36.9 Å². The summed E-state index contributed by atoms with van der Waals surface area (Å²) in [6.45, 7) is 3.14. The van der Waals surface area contributed by atoms with Crippen molar-refractivity contribution in [3.63, 3.8) is 0 Å². The van der Waals surface area contributed by atoms with Crippen LogP contribution in [0.2, 0.25) is 5.02 Å². The lowest BCUT2D eigenvalue weighted by Crippen LogP contribution is -2.27. The topological polar surface area (TPSA) is 29.3 Å². The van der Waals surface area contributed by atoms with E-state index in [1.165, 1.54) is 37.7 Å². The van der Waals surface area contributed by atoms with Gasteiger partial charge in [0.2, 0.25) is 0 Å². The predicted octanol–water partition coefficient (Wildman–Crippen LogP) is 4.25. The zero-order valence-corrected chi connectivity index (χ0v) is 13.5. The predicted molar refractivity (Wildman–Crippen MR) is 88.7 cm³/mol. The third kappa shape index (κ3) is 4.39. The number of hydrogen-bond donors (Lipinski definition) is 1. The fourth-order valence-corrected chi connectivity index (χ4v) is 3.56. The van der Waals surface area contributed by atoms with Crippen molar-refractivity contribution in [3.05, 3.63) is 28.8 Å². The highest BCUT2D eigenvalue weighted by molar-refractivity contribution is 6.33. The van der Waals surface area contributed by atoms with Crippen LogP contribution >= 0.6 is 11.6 Å². The molecule has 1 unspecified atom stereocenters. The van der Waals surface area contributed by atoms with Gasteiger partial charge in [-0.05, 0) is 49.8 Å². The molecule has 0 heterocycles. The van der Waals surface area contributed by atoms with Gasteiger partial charge in [0.05, 0.1) is 10.7 Å². The van der Waals surface area contributed by atoms with Crippen molar-refractivity contribution in [2.75, 3.05) is 18.5 Å². The third-order valence-electron chi connectivity index (χ3n) is 4.24. The standard InChI is InChI=1S/C17H27ClN2/c1-13(19)10-15-8-9-17(16(18)11-15)20(2)12-14-6-4-3-5-7-14/h8-9,11,13-14H,3-7,10,12,19H2,1-2H3. The van der Waals surface area contributed by atoms with Crippen molar-refractivity contribution in [1.29, 1.82) is 0 Å². The second-order valence-corrected chi connectivity index (χ2v) is 6.76. The minimum atomic E-state index is 0.178. The van der Waals surface area contributed by atoms with Crippen LogP contribution in [0.3, 0.4) is 0 Å². The van der Waals surface area contributed by atoms with Gasteiger partial charge in [0.1, 0.15) is 0 Å². The lowest BCUT2D eigenvalue weighted by molar-refractivity contribution is 0.362. The van der Waals surface area contributed by atoms with Crippen molar-refractivity contribution in [2.45, 2.75) is 51.5 Å². The molecule has 0 bridgehead atoms. The first-order valence-electron chi connectivity index (χ1n) is 7.81. The Kier molecular flexibility index (Phi) is 5.74. The Hall–Kier alpha value is -0.730. The summed E-state index contributed by atoms with van der Waals surface area (Å²) in [6, 6.07) is 6.54. The number of anilines is 1. The van der Waals surface area contributed by atoms with Crippen molar-refractivity contribution in [1.82, 2.24) is 0 Å². The normalized spacial score (nSPS) is 18.0. The van der Waals surface area contributed by atoms with Crippen LogP contribution in [0.25, 0.3) is 0 Å². The molecule has 1 saturated carbocycles. The third-order valence-corrected chi connectivity index (χ3v) is 4.54. The maximum Gasteiger partial charge on any atom is 0.0642 e. The number of nitrogens with two attached hydrogens (primary N) is 1. The van der Waals surface area contributed by atoms with E-state index < -0.39 is 0 Å². The quantitative estimate of drug-likeness (QED) is 0.880. The van der Waals surface area contributed by atoms with Gasteiger partial charge in [-0.3, -0.25) is 0 Å². The first-order valence-corrected chi connectivity index (χ1v) is 8.19. The molecule has 0 amide bonds. The number of nitrogens with zero attached hydrogens (tertiary/aromatic N) is 1. The number of rotatable bonds is 5. The fourth-order valence-electron chi connectivity index (χ4n) is 3.21. The number of hydrogen-bond acceptors (Lipinski definition) is 2. The number of halogens is 1. The Morgan fingerprint density at radius 3 is 2.60 bits per heavy atom. The minimum Gasteiger partial charge on any atom is -0.373 e. The van der Waals surface area contributed by atoms with Crippen molar-refractivity contribution < 1.29 is 0 Å². The van der Waals surface area contributed by atoms with Crippen molar-refractivity contribution in [2.24, 2.45) is 11.7 Å². The molecule has 1 atom stereocenters. The maximum atomic E-state index is 6.44. The summed E-state index contributed by atoms with van der Waals surface area (Å²) in [5, 5.41) is 0.849. The van der Waals surface area contributed by atoms with E-state index in [0.29, 0.717) is 0 Å². The van der Waals surface area contributed by atoms with Crippen LogP contribution in [0, 0.1) is 5.92 Å². The number of benzene rings is 1. The summed E-state index contributed by atoms with van der Waals surface area (Å²) < 4.78 is 0. The minimum absolute atomic E-state index is 0.178. The van der Waals surface area contributed by atoms with Crippen LogP contribution in [0.4, 0.5) is 5.69 Å². The average molecular weight is 295 g/mol. The summed E-state index contributed by atoms with van der Waals surface area (Å²) in [6.07, 6.45) is 7.80. The zero-order chi connectivity index (χ0) is 14.5. The van der Waals surface area contributed by atoms with Gasteiger partial charge in [0.25, 0.3) is 0 Å². The van der Waals surface area contributed by atoms with E-state index in [-0.39, 0.29) is 6.04 Å². The SMILES string of the molecule is CC(N)Cc1ccc(N(C)CC2CCCCC2)c(Cl)c1. The molecule has 0 aromatic heterocycles. The molecule has 0 saturated heterocycles. The van der Waals surface area contributed by atoms with Gasteiger partial charge in [0, 0.05) is 19.6 Å². The molecule has 1 aliphatic rings. The lowest BCUT2D eigenvalue weighted by atomic mass is 9.89. The van der Waals surface area contributed by atoms with Gasteiger partial charge in [-0.25, -0.2) is 0 Å². The van der Waals surface area contributed by atoms with E-state index in [2.05, 4.69) is 30.1 Å². The summed E-state index contributed by atoms with van der Waals surface area (Å²) in [7, 11) is 2.15. The van der Waals surface area contributed by atoms with Crippen LogP contribution in [-0.4, -0.2) is 19.6 Å². The van der Waals surface area contributed by atoms with Crippen LogP contribution in [0.1, 0.15) is 44.6 Å². The van der Waals surface area contributed by atoms with Gasteiger partial charge in [-0.15, -0.1) is 0 Å². The van der Waals surface area contributed by atoms with Crippen molar-refractivity contribution in [3.8, 4) is 0 Å². The molecular weight excluding hydrogens is 268 g/mol. The Balaban J connectivity index is 2.00. The largest absolute Gasteiger partial charge is 0.373 e. The van der Waals surface area contributed by atoms with Crippen LogP contribution in [0.5, 0.6) is 0 Å². The molecule has 2 N–H and O–H groups in total. The van der Waals surface area contributed by atoms with E-state index in [4.69, 9.17) is 17.3 Å². The summed E-state index contributed by atoms with van der Waals surface area (Å²) in [5.41, 5.74) is 8.21. The lowest BCUT2D eigenvalue weighted by Gasteiger charge is -2.29. The van der Waals surface area contributed by atoms with Gasteiger partial charge in [0.15, 0.2) is 0 Å². The Bertz CT molecular complexity index is 425. The molecule has 1 fully saturated rings. The van der Waals surface area contributed by atoms with E-state index in [0.717, 1.165) is 29.6 Å². The highest BCUT2D eigenvalue weighted by Crippen LogP contribution is 2.30. The first kappa shape index (κ1) is 15.7. The second kappa shape index (κ2) is 7.33. The maximum absolute atomic E-state index is 6.44. The molecule has 0 aliphatic heterocycles. The van der Waals surface area contributed by atoms with Crippen molar-refractivity contribution >= 4 is 17.3 Å². The van der Waals surface area contributed by atoms with E-state index in [1.807, 2.05) is 6.92 Å². The van der Waals surface area contributed by atoms with Gasteiger partial charge < -0.3 is 10.6 Å².